The zero-order valence-corrected chi connectivity index (χ0v) is 15.4. The van der Waals surface area contributed by atoms with Crippen LogP contribution in [0, 0.1) is 11.8 Å². The first-order chi connectivity index (χ1) is 13.2. The Kier molecular flexibility index (Phi) is 7.20. The summed E-state index contributed by atoms with van der Waals surface area (Å²) in [5.41, 5.74) is 0.739. The maximum atomic E-state index is 12.1. The first kappa shape index (κ1) is 21.5. The standard InChI is InChI=1S/C19H17F3N2O3S/c20-19(21,22)12-14-23-18(25)16-10-8-15(9-11-16)5-4-13-24-28(26,27)17-6-2-1-3-7-17/h1-3,6-11,24H,12-14H2,(H,23,25). The highest BCUT2D eigenvalue weighted by atomic mass is 32.2. The number of amides is 1. The third kappa shape index (κ3) is 7.06. The van der Waals surface area contributed by atoms with Gasteiger partial charge in [0.2, 0.25) is 10.0 Å². The smallest absolute Gasteiger partial charge is 0.352 e. The van der Waals surface area contributed by atoms with Crippen molar-refractivity contribution in [1.82, 2.24) is 10.0 Å². The Labute approximate surface area is 161 Å². The van der Waals surface area contributed by atoms with E-state index in [1.807, 2.05) is 0 Å². The van der Waals surface area contributed by atoms with Crippen LogP contribution in [0.25, 0.3) is 0 Å². The Morgan fingerprint density at radius 1 is 1.00 bits per heavy atom. The Morgan fingerprint density at radius 2 is 1.64 bits per heavy atom. The second-order valence-electron chi connectivity index (χ2n) is 5.64. The molecular formula is C19H17F3N2O3S. The SMILES string of the molecule is O=C(NCCC(F)(F)F)c1ccc(C#CCNS(=O)(=O)c2ccccc2)cc1. The molecule has 0 saturated heterocycles. The van der Waals surface area contributed by atoms with Crippen molar-refractivity contribution in [2.24, 2.45) is 0 Å². The first-order valence-corrected chi connectivity index (χ1v) is 9.64. The van der Waals surface area contributed by atoms with Crippen molar-refractivity contribution in [3.63, 3.8) is 0 Å². The highest BCUT2D eigenvalue weighted by Gasteiger charge is 2.26. The molecule has 2 aromatic carbocycles. The second kappa shape index (κ2) is 9.39. The summed E-state index contributed by atoms with van der Waals surface area (Å²) < 4.78 is 62.6. The zero-order chi connectivity index (χ0) is 20.6. The number of nitrogens with one attached hydrogen (secondary N) is 2. The molecule has 0 aliphatic heterocycles. The molecule has 0 fully saturated rings. The molecule has 1 amide bonds. The van der Waals surface area contributed by atoms with Crippen molar-refractivity contribution in [3.8, 4) is 11.8 Å². The largest absolute Gasteiger partial charge is 0.390 e. The van der Waals surface area contributed by atoms with Crippen LogP contribution in [0.15, 0.2) is 59.5 Å². The summed E-state index contributed by atoms with van der Waals surface area (Å²) in [5, 5.41) is 2.19. The number of hydrogen-bond acceptors (Lipinski definition) is 3. The molecule has 0 aliphatic carbocycles. The van der Waals surface area contributed by atoms with Crippen LogP contribution in [-0.2, 0) is 10.0 Å². The minimum atomic E-state index is -4.32. The van der Waals surface area contributed by atoms with Crippen LogP contribution < -0.4 is 10.0 Å². The quantitative estimate of drug-likeness (QED) is 0.719. The summed E-state index contributed by atoms with van der Waals surface area (Å²) in [4.78, 5) is 11.9. The van der Waals surface area contributed by atoms with Crippen LogP contribution in [0.3, 0.4) is 0 Å². The van der Waals surface area contributed by atoms with Gasteiger partial charge in [-0.3, -0.25) is 4.79 Å². The maximum absolute atomic E-state index is 12.1. The van der Waals surface area contributed by atoms with Gasteiger partial charge < -0.3 is 5.32 Å². The van der Waals surface area contributed by atoms with Gasteiger partial charge in [0.25, 0.3) is 5.91 Å². The van der Waals surface area contributed by atoms with E-state index in [-0.39, 0.29) is 17.0 Å². The van der Waals surface area contributed by atoms with E-state index >= 15 is 0 Å². The van der Waals surface area contributed by atoms with Gasteiger partial charge in [-0.05, 0) is 36.4 Å². The maximum Gasteiger partial charge on any atom is 0.390 e. The van der Waals surface area contributed by atoms with Gasteiger partial charge in [0.15, 0.2) is 0 Å². The molecule has 0 spiro atoms. The third-order valence-corrected chi connectivity index (χ3v) is 4.90. The molecule has 28 heavy (non-hydrogen) atoms. The Bertz CT molecular complexity index is 961. The molecule has 5 nitrogen and oxygen atoms in total. The Balaban J connectivity index is 1.87. The fraction of sp³-hybridized carbons (Fsp3) is 0.211. The average molecular weight is 410 g/mol. The van der Waals surface area contributed by atoms with Crippen molar-refractivity contribution >= 4 is 15.9 Å². The number of carbonyl (C=O) groups excluding carboxylic acids is 1. The first-order valence-electron chi connectivity index (χ1n) is 8.16. The van der Waals surface area contributed by atoms with Gasteiger partial charge in [0.1, 0.15) is 0 Å². The molecule has 2 aromatic rings. The minimum Gasteiger partial charge on any atom is -0.352 e. The summed E-state index contributed by atoms with van der Waals surface area (Å²) in [7, 11) is -3.64. The lowest BCUT2D eigenvalue weighted by molar-refractivity contribution is -0.132. The van der Waals surface area contributed by atoms with E-state index in [4.69, 9.17) is 0 Å². The van der Waals surface area contributed by atoms with Crippen LogP contribution in [-0.4, -0.2) is 33.6 Å². The molecule has 0 bridgehead atoms. The number of benzene rings is 2. The van der Waals surface area contributed by atoms with Gasteiger partial charge in [-0.25, -0.2) is 8.42 Å². The van der Waals surface area contributed by atoms with Crippen molar-refractivity contribution in [3.05, 3.63) is 65.7 Å². The number of carbonyl (C=O) groups is 1. The summed E-state index contributed by atoms with van der Waals surface area (Å²) in [5.74, 6) is 4.79. The minimum absolute atomic E-state index is 0.100. The van der Waals surface area contributed by atoms with Crippen LogP contribution in [0.4, 0.5) is 13.2 Å². The predicted molar refractivity (Wildman–Crippen MR) is 98.0 cm³/mol. The molecule has 0 radical (unpaired) electrons. The predicted octanol–water partition coefficient (Wildman–Crippen LogP) is 2.70. The summed E-state index contributed by atoms with van der Waals surface area (Å²) in [6.07, 6.45) is -5.42. The van der Waals surface area contributed by atoms with E-state index in [1.165, 1.54) is 36.4 Å². The summed E-state index contributed by atoms with van der Waals surface area (Å²) in [6, 6.07) is 13.8. The van der Waals surface area contributed by atoms with Crippen LogP contribution in [0.1, 0.15) is 22.3 Å². The van der Waals surface area contributed by atoms with Gasteiger partial charge in [-0.15, -0.1) is 0 Å². The van der Waals surface area contributed by atoms with Crippen molar-refractivity contribution in [1.29, 1.82) is 0 Å². The molecule has 9 heteroatoms. The van der Waals surface area contributed by atoms with Gasteiger partial charge in [-0.1, -0.05) is 30.0 Å². The van der Waals surface area contributed by atoms with E-state index in [1.54, 1.807) is 18.2 Å². The molecule has 0 aliphatic rings. The van der Waals surface area contributed by atoms with E-state index in [9.17, 15) is 26.4 Å². The fourth-order valence-corrected chi connectivity index (χ4v) is 3.03. The van der Waals surface area contributed by atoms with Crippen molar-refractivity contribution < 1.29 is 26.4 Å². The van der Waals surface area contributed by atoms with E-state index in [0.29, 0.717) is 5.56 Å². The molecule has 0 saturated carbocycles. The van der Waals surface area contributed by atoms with Crippen LogP contribution >= 0.6 is 0 Å². The Morgan fingerprint density at radius 3 is 2.25 bits per heavy atom. The topological polar surface area (TPSA) is 75.3 Å². The van der Waals surface area contributed by atoms with Crippen LogP contribution in [0.5, 0.6) is 0 Å². The van der Waals surface area contributed by atoms with Crippen LogP contribution in [0.2, 0.25) is 0 Å². The van der Waals surface area contributed by atoms with Crippen molar-refractivity contribution in [2.75, 3.05) is 13.1 Å². The lowest BCUT2D eigenvalue weighted by Gasteiger charge is -2.07. The van der Waals surface area contributed by atoms with Gasteiger partial charge in [-0.2, -0.15) is 17.9 Å². The van der Waals surface area contributed by atoms with E-state index < -0.39 is 35.1 Å². The zero-order valence-electron chi connectivity index (χ0n) is 14.6. The third-order valence-electron chi connectivity index (χ3n) is 3.48. The highest BCUT2D eigenvalue weighted by Crippen LogP contribution is 2.18. The molecule has 2 N–H and O–H groups in total. The second-order valence-corrected chi connectivity index (χ2v) is 7.40. The lowest BCUT2D eigenvalue weighted by Crippen LogP contribution is -2.27. The number of rotatable bonds is 6. The Hall–Kier alpha value is -2.83. The van der Waals surface area contributed by atoms with Gasteiger partial charge >= 0.3 is 6.18 Å². The molecule has 0 aromatic heterocycles. The average Bonchev–Trinajstić information content (AvgIpc) is 2.65. The molecule has 0 unspecified atom stereocenters. The lowest BCUT2D eigenvalue weighted by atomic mass is 10.1. The summed E-state index contributed by atoms with van der Waals surface area (Å²) >= 11 is 0. The monoisotopic (exact) mass is 410 g/mol. The summed E-state index contributed by atoms with van der Waals surface area (Å²) in [6.45, 7) is -0.595. The number of sulfonamides is 1. The van der Waals surface area contributed by atoms with E-state index in [0.717, 1.165) is 0 Å². The fourth-order valence-electron chi connectivity index (χ4n) is 2.09. The molecule has 2 rings (SSSR count). The molecule has 148 valence electrons. The number of alkyl halides is 3. The number of hydrogen-bond donors (Lipinski definition) is 2. The molecule has 0 atom stereocenters. The highest BCUT2D eigenvalue weighted by molar-refractivity contribution is 7.89. The van der Waals surface area contributed by atoms with Gasteiger partial charge in [0.05, 0.1) is 17.9 Å². The normalized spacial score (nSPS) is 11.4. The molecular weight excluding hydrogens is 393 g/mol. The number of halogens is 3. The molecule has 0 heterocycles. The van der Waals surface area contributed by atoms with E-state index in [2.05, 4.69) is 21.9 Å². The van der Waals surface area contributed by atoms with Crippen molar-refractivity contribution in [2.45, 2.75) is 17.5 Å². The van der Waals surface area contributed by atoms with Gasteiger partial charge in [0, 0.05) is 17.7 Å².